The molecule has 16 heavy (non-hydrogen) atoms. The molecule has 2 nitrogen and oxygen atoms in total. The summed E-state index contributed by atoms with van der Waals surface area (Å²) >= 11 is 0. The lowest BCUT2D eigenvalue weighted by Crippen LogP contribution is -2.40. The standard InChI is InChI=1S/C13H28O2Si/c1-12(9-10-14)8-7-11-15-16(5,6)13(2,3)4/h14H,1,7-11H2,2-6H3. The highest BCUT2D eigenvalue weighted by atomic mass is 28.4. The van der Waals surface area contributed by atoms with Gasteiger partial charge >= 0.3 is 0 Å². The summed E-state index contributed by atoms with van der Waals surface area (Å²) in [5.74, 6) is 0. The van der Waals surface area contributed by atoms with Crippen molar-refractivity contribution in [2.45, 2.75) is 58.2 Å². The van der Waals surface area contributed by atoms with Gasteiger partial charge in [-0.2, -0.15) is 0 Å². The Balaban J connectivity index is 3.78. The van der Waals surface area contributed by atoms with Crippen LogP contribution in [-0.2, 0) is 4.43 Å². The SMILES string of the molecule is C=C(CCO)CCCO[Si](C)(C)C(C)(C)C. The van der Waals surface area contributed by atoms with Crippen molar-refractivity contribution in [2.75, 3.05) is 13.2 Å². The Hall–Kier alpha value is -0.123. The molecule has 0 spiro atoms. The van der Waals surface area contributed by atoms with Crippen molar-refractivity contribution in [1.29, 1.82) is 0 Å². The molecule has 0 aromatic rings. The second-order valence-electron chi connectivity index (χ2n) is 5.94. The molecule has 3 heteroatoms. The smallest absolute Gasteiger partial charge is 0.191 e. The van der Waals surface area contributed by atoms with Crippen LogP contribution in [0, 0.1) is 0 Å². The molecule has 0 bridgehead atoms. The van der Waals surface area contributed by atoms with Crippen molar-refractivity contribution < 1.29 is 9.53 Å². The lowest BCUT2D eigenvalue weighted by molar-refractivity contribution is 0.277. The first kappa shape index (κ1) is 15.9. The summed E-state index contributed by atoms with van der Waals surface area (Å²) in [6.45, 7) is 16.3. The van der Waals surface area contributed by atoms with Gasteiger partial charge in [0, 0.05) is 13.2 Å². The lowest BCUT2D eigenvalue weighted by Gasteiger charge is -2.36. The van der Waals surface area contributed by atoms with Crippen LogP contribution in [0.15, 0.2) is 12.2 Å². The molecule has 0 saturated carbocycles. The van der Waals surface area contributed by atoms with Gasteiger partial charge in [0.1, 0.15) is 0 Å². The molecule has 0 amide bonds. The lowest BCUT2D eigenvalue weighted by atomic mass is 10.1. The monoisotopic (exact) mass is 244 g/mol. The molecule has 0 aliphatic carbocycles. The second kappa shape index (κ2) is 6.57. The van der Waals surface area contributed by atoms with E-state index in [0.717, 1.165) is 31.4 Å². The summed E-state index contributed by atoms with van der Waals surface area (Å²) < 4.78 is 6.06. The van der Waals surface area contributed by atoms with Gasteiger partial charge < -0.3 is 9.53 Å². The van der Waals surface area contributed by atoms with E-state index in [0.29, 0.717) is 0 Å². The summed E-state index contributed by atoms with van der Waals surface area (Å²) in [4.78, 5) is 0. The van der Waals surface area contributed by atoms with Gasteiger partial charge in [-0.3, -0.25) is 0 Å². The zero-order valence-electron chi connectivity index (χ0n) is 11.6. The molecule has 0 saturated heterocycles. The fourth-order valence-electron chi connectivity index (χ4n) is 1.15. The van der Waals surface area contributed by atoms with Gasteiger partial charge in [0.05, 0.1) is 0 Å². The molecule has 0 aliphatic heterocycles. The molecule has 1 N–H and O–H groups in total. The maximum absolute atomic E-state index is 8.74. The van der Waals surface area contributed by atoms with Gasteiger partial charge in [-0.05, 0) is 37.4 Å². The van der Waals surface area contributed by atoms with E-state index in [1.54, 1.807) is 0 Å². The Kier molecular flexibility index (Phi) is 6.52. The molecule has 0 aliphatic rings. The molecule has 96 valence electrons. The van der Waals surface area contributed by atoms with Crippen LogP contribution in [0.2, 0.25) is 18.1 Å². The number of hydrogen-bond donors (Lipinski definition) is 1. The van der Waals surface area contributed by atoms with E-state index in [1.807, 2.05) is 0 Å². The third kappa shape index (κ3) is 5.82. The maximum Gasteiger partial charge on any atom is 0.191 e. The van der Waals surface area contributed by atoms with Crippen LogP contribution < -0.4 is 0 Å². The third-order valence-corrected chi connectivity index (χ3v) is 7.95. The molecule has 0 fully saturated rings. The van der Waals surface area contributed by atoms with Gasteiger partial charge in [-0.15, -0.1) is 0 Å². The van der Waals surface area contributed by atoms with Crippen LogP contribution in [0.5, 0.6) is 0 Å². The van der Waals surface area contributed by atoms with Crippen LogP contribution in [0.25, 0.3) is 0 Å². The second-order valence-corrected chi connectivity index (χ2v) is 10.7. The predicted molar refractivity (Wildman–Crippen MR) is 73.2 cm³/mol. The van der Waals surface area contributed by atoms with E-state index in [9.17, 15) is 0 Å². The molecule has 0 aromatic heterocycles. The largest absolute Gasteiger partial charge is 0.417 e. The Labute approximate surface area is 102 Å². The number of rotatable bonds is 7. The highest BCUT2D eigenvalue weighted by Crippen LogP contribution is 2.36. The molecule has 0 heterocycles. The predicted octanol–water partition coefficient (Wildman–Crippen LogP) is 3.73. The van der Waals surface area contributed by atoms with Crippen molar-refractivity contribution in [1.82, 2.24) is 0 Å². The molecular weight excluding hydrogens is 216 g/mol. The van der Waals surface area contributed by atoms with Gasteiger partial charge in [-0.1, -0.05) is 32.9 Å². The Morgan fingerprint density at radius 2 is 1.81 bits per heavy atom. The molecule has 0 atom stereocenters. The number of aliphatic hydroxyl groups excluding tert-OH is 1. The molecule has 0 rings (SSSR count). The van der Waals surface area contributed by atoms with Gasteiger partial charge in [0.2, 0.25) is 0 Å². The summed E-state index contributed by atoms with van der Waals surface area (Å²) in [5.41, 5.74) is 1.13. The minimum absolute atomic E-state index is 0.210. The van der Waals surface area contributed by atoms with E-state index in [1.165, 1.54) is 0 Å². The number of aliphatic hydroxyl groups is 1. The average Bonchev–Trinajstić information content (AvgIpc) is 2.11. The van der Waals surface area contributed by atoms with E-state index in [2.05, 4.69) is 40.4 Å². The molecule has 0 aromatic carbocycles. The molecular formula is C13H28O2Si. The summed E-state index contributed by atoms with van der Waals surface area (Å²) in [7, 11) is -1.57. The zero-order valence-corrected chi connectivity index (χ0v) is 12.6. The van der Waals surface area contributed by atoms with Crippen LogP contribution in [-0.4, -0.2) is 26.6 Å². The van der Waals surface area contributed by atoms with Crippen LogP contribution in [0.1, 0.15) is 40.0 Å². The van der Waals surface area contributed by atoms with Gasteiger partial charge in [0.25, 0.3) is 0 Å². The van der Waals surface area contributed by atoms with E-state index < -0.39 is 8.32 Å². The Morgan fingerprint density at radius 1 is 1.25 bits per heavy atom. The van der Waals surface area contributed by atoms with Crippen molar-refractivity contribution in [3.63, 3.8) is 0 Å². The Bertz CT molecular complexity index is 216. The topological polar surface area (TPSA) is 29.5 Å². The van der Waals surface area contributed by atoms with Crippen molar-refractivity contribution in [2.24, 2.45) is 0 Å². The summed E-state index contributed by atoms with van der Waals surface area (Å²) in [5, 5.41) is 9.03. The molecule has 0 radical (unpaired) electrons. The Morgan fingerprint density at radius 3 is 2.25 bits per heavy atom. The third-order valence-electron chi connectivity index (χ3n) is 3.41. The van der Waals surface area contributed by atoms with E-state index in [-0.39, 0.29) is 11.6 Å². The van der Waals surface area contributed by atoms with Crippen LogP contribution in [0.4, 0.5) is 0 Å². The first-order chi connectivity index (χ1) is 7.20. The summed E-state index contributed by atoms with van der Waals surface area (Å²) in [6, 6.07) is 0. The fraction of sp³-hybridized carbons (Fsp3) is 0.846. The minimum atomic E-state index is -1.57. The fourth-order valence-corrected chi connectivity index (χ4v) is 2.24. The summed E-state index contributed by atoms with van der Waals surface area (Å²) in [6.07, 6.45) is 2.71. The van der Waals surface area contributed by atoms with Crippen LogP contribution in [0.3, 0.4) is 0 Å². The van der Waals surface area contributed by atoms with E-state index in [4.69, 9.17) is 9.53 Å². The van der Waals surface area contributed by atoms with Crippen molar-refractivity contribution >= 4 is 8.32 Å². The normalized spacial score (nSPS) is 12.9. The van der Waals surface area contributed by atoms with Gasteiger partial charge in [0.15, 0.2) is 8.32 Å². The minimum Gasteiger partial charge on any atom is -0.417 e. The maximum atomic E-state index is 8.74. The van der Waals surface area contributed by atoms with Gasteiger partial charge in [-0.25, -0.2) is 0 Å². The van der Waals surface area contributed by atoms with E-state index >= 15 is 0 Å². The van der Waals surface area contributed by atoms with Crippen molar-refractivity contribution in [3.05, 3.63) is 12.2 Å². The average molecular weight is 244 g/mol. The highest BCUT2D eigenvalue weighted by molar-refractivity contribution is 6.74. The zero-order chi connectivity index (χ0) is 12.8. The quantitative estimate of drug-likeness (QED) is 0.420. The first-order valence-corrected chi connectivity index (χ1v) is 9.03. The van der Waals surface area contributed by atoms with Crippen LogP contribution >= 0.6 is 0 Å². The van der Waals surface area contributed by atoms with Crippen molar-refractivity contribution in [3.8, 4) is 0 Å². The molecule has 0 unspecified atom stereocenters. The number of hydrogen-bond acceptors (Lipinski definition) is 2. The highest BCUT2D eigenvalue weighted by Gasteiger charge is 2.36. The first-order valence-electron chi connectivity index (χ1n) is 6.12.